The monoisotopic (exact) mass is 375 g/mol. The maximum absolute atomic E-state index is 12.5. The van der Waals surface area contributed by atoms with Gasteiger partial charge >= 0.3 is 18.0 Å². The molecule has 1 amide bonds. The number of carbonyl (C=O) groups excluding carboxylic acids is 3. The molecule has 1 saturated heterocycles. The number of likely N-dealkylation sites (tertiary alicyclic amines) is 1. The summed E-state index contributed by atoms with van der Waals surface area (Å²) in [7, 11) is 0. The Kier molecular flexibility index (Phi) is 6.25. The highest BCUT2D eigenvalue weighted by atomic mass is 16.6. The third-order valence-electron chi connectivity index (χ3n) is 3.85. The second-order valence-electron chi connectivity index (χ2n) is 7.33. The summed E-state index contributed by atoms with van der Waals surface area (Å²) in [5.74, 6) is -1.04. The number of benzene rings is 1. The minimum Gasteiger partial charge on any atom is -0.464 e. The van der Waals surface area contributed by atoms with Crippen molar-refractivity contribution < 1.29 is 28.6 Å². The molecule has 2 atom stereocenters. The fourth-order valence-corrected chi connectivity index (χ4v) is 2.68. The molecule has 1 aromatic carbocycles. The van der Waals surface area contributed by atoms with Crippen molar-refractivity contribution in [1.82, 2.24) is 4.90 Å². The zero-order valence-corrected chi connectivity index (χ0v) is 16.1. The van der Waals surface area contributed by atoms with E-state index in [1.807, 2.05) is 0 Å². The molecule has 0 N–H and O–H groups in total. The van der Waals surface area contributed by atoms with Crippen molar-refractivity contribution in [1.29, 1.82) is 0 Å². The van der Waals surface area contributed by atoms with Crippen LogP contribution in [0.25, 0.3) is 0 Å². The van der Waals surface area contributed by atoms with Crippen LogP contribution in [-0.2, 0) is 19.0 Å². The van der Waals surface area contributed by atoms with Crippen molar-refractivity contribution in [3.63, 3.8) is 0 Å². The number of hydrogen-bond acceptors (Lipinski definition) is 6. The Labute approximate surface area is 158 Å². The van der Waals surface area contributed by atoms with E-state index in [2.05, 4.69) is 6.58 Å². The number of rotatable bonds is 4. The Bertz CT molecular complexity index is 722. The van der Waals surface area contributed by atoms with Gasteiger partial charge in [0.2, 0.25) is 0 Å². The van der Waals surface area contributed by atoms with E-state index in [-0.39, 0.29) is 13.2 Å². The third kappa shape index (κ3) is 5.57. The van der Waals surface area contributed by atoms with E-state index in [0.29, 0.717) is 11.1 Å². The van der Waals surface area contributed by atoms with Crippen LogP contribution in [0.4, 0.5) is 4.79 Å². The first-order valence-corrected chi connectivity index (χ1v) is 8.65. The van der Waals surface area contributed by atoms with Gasteiger partial charge in [0.1, 0.15) is 24.4 Å². The normalized spacial score (nSPS) is 19.6. The first-order chi connectivity index (χ1) is 12.6. The predicted molar refractivity (Wildman–Crippen MR) is 98.1 cm³/mol. The summed E-state index contributed by atoms with van der Waals surface area (Å²) in [5, 5.41) is 0. The van der Waals surface area contributed by atoms with Crippen molar-refractivity contribution in [2.24, 2.45) is 0 Å². The van der Waals surface area contributed by atoms with E-state index >= 15 is 0 Å². The van der Waals surface area contributed by atoms with E-state index in [0.717, 1.165) is 0 Å². The predicted octanol–water partition coefficient (Wildman–Crippen LogP) is 2.95. The van der Waals surface area contributed by atoms with Crippen LogP contribution in [0.3, 0.4) is 0 Å². The number of carbonyl (C=O) groups is 3. The van der Waals surface area contributed by atoms with Gasteiger partial charge < -0.3 is 14.2 Å². The maximum Gasteiger partial charge on any atom is 0.411 e. The molecule has 27 heavy (non-hydrogen) atoms. The molecule has 1 aromatic rings. The van der Waals surface area contributed by atoms with Gasteiger partial charge in [-0.15, -0.1) is 0 Å². The fourth-order valence-electron chi connectivity index (χ4n) is 2.68. The molecule has 0 aromatic heterocycles. The number of esters is 2. The molecule has 0 spiro atoms. The summed E-state index contributed by atoms with van der Waals surface area (Å²) in [4.78, 5) is 37.6. The first-order valence-electron chi connectivity index (χ1n) is 8.65. The Morgan fingerprint density at radius 1 is 1.19 bits per heavy atom. The smallest absolute Gasteiger partial charge is 0.411 e. The Morgan fingerprint density at radius 2 is 1.81 bits per heavy atom. The highest BCUT2D eigenvalue weighted by Gasteiger charge is 2.44. The van der Waals surface area contributed by atoms with Crippen molar-refractivity contribution >= 4 is 18.0 Å². The molecule has 0 bridgehead atoms. The summed E-state index contributed by atoms with van der Waals surface area (Å²) in [6.45, 7) is 10.5. The van der Waals surface area contributed by atoms with Crippen LogP contribution in [-0.4, -0.2) is 53.8 Å². The van der Waals surface area contributed by atoms with Crippen LogP contribution in [0.2, 0.25) is 0 Å². The van der Waals surface area contributed by atoms with Gasteiger partial charge in [-0.2, -0.15) is 0 Å². The molecule has 146 valence electrons. The molecule has 1 heterocycles. The lowest BCUT2D eigenvalue weighted by atomic mass is 10.1. The summed E-state index contributed by atoms with van der Waals surface area (Å²) >= 11 is 0. The van der Waals surface area contributed by atoms with Crippen LogP contribution >= 0.6 is 0 Å². The molecule has 7 heteroatoms. The van der Waals surface area contributed by atoms with Gasteiger partial charge in [-0.25, -0.2) is 9.59 Å². The molecule has 0 unspecified atom stereocenters. The molecule has 0 radical (unpaired) electrons. The summed E-state index contributed by atoms with van der Waals surface area (Å²) in [6, 6.07) is 7.80. The lowest BCUT2D eigenvalue weighted by Crippen LogP contribution is -2.46. The fraction of sp³-hybridized carbons (Fsp3) is 0.450. The number of ether oxygens (including phenoxy) is 3. The van der Waals surface area contributed by atoms with E-state index < -0.39 is 35.8 Å². The Hall–Kier alpha value is -2.83. The van der Waals surface area contributed by atoms with Gasteiger partial charge in [0.25, 0.3) is 0 Å². The summed E-state index contributed by atoms with van der Waals surface area (Å²) < 4.78 is 16.1. The van der Waals surface area contributed by atoms with Crippen molar-refractivity contribution in [3.05, 3.63) is 48.0 Å². The van der Waals surface area contributed by atoms with Gasteiger partial charge in [0.15, 0.2) is 0 Å². The average Bonchev–Trinajstić information content (AvgIpc) is 2.88. The molecule has 2 rings (SSSR count). The molecule has 0 aliphatic carbocycles. The van der Waals surface area contributed by atoms with Gasteiger partial charge in [-0.1, -0.05) is 24.8 Å². The second-order valence-corrected chi connectivity index (χ2v) is 7.33. The van der Waals surface area contributed by atoms with Crippen LogP contribution in [0.1, 0.15) is 38.1 Å². The molecule has 1 aliphatic heterocycles. The Balaban J connectivity index is 2.20. The van der Waals surface area contributed by atoms with Gasteiger partial charge in [0.05, 0.1) is 5.56 Å². The molecule has 1 aliphatic rings. The number of amides is 1. The maximum atomic E-state index is 12.5. The molecular weight excluding hydrogens is 350 g/mol. The molecule has 0 saturated carbocycles. The van der Waals surface area contributed by atoms with Gasteiger partial charge in [0, 0.05) is 13.5 Å². The zero-order chi connectivity index (χ0) is 20.2. The summed E-state index contributed by atoms with van der Waals surface area (Å²) in [6.07, 6.45) is -1.39. The van der Waals surface area contributed by atoms with Gasteiger partial charge in [-0.3, -0.25) is 9.69 Å². The highest BCUT2D eigenvalue weighted by Crippen LogP contribution is 2.28. The largest absolute Gasteiger partial charge is 0.464 e. The van der Waals surface area contributed by atoms with Crippen LogP contribution in [0.5, 0.6) is 0 Å². The van der Waals surface area contributed by atoms with Crippen LogP contribution in [0.15, 0.2) is 42.5 Å². The van der Waals surface area contributed by atoms with E-state index in [1.165, 1.54) is 11.8 Å². The number of hydrogen-bond donors (Lipinski definition) is 0. The van der Waals surface area contributed by atoms with Crippen molar-refractivity contribution in [2.45, 2.75) is 45.4 Å². The molecular formula is C20H25NO6. The lowest BCUT2D eigenvalue weighted by molar-refractivity contribution is -0.143. The first kappa shape index (κ1) is 20.5. The molecule has 7 nitrogen and oxygen atoms in total. The zero-order valence-electron chi connectivity index (χ0n) is 16.1. The Morgan fingerprint density at radius 3 is 2.37 bits per heavy atom. The van der Waals surface area contributed by atoms with Crippen molar-refractivity contribution in [3.8, 4) is 0 Å². The minimum atomic E-state index is -0.801. The van der Waals surface area contributed by atoms with E-state index in [4.69, 9.17) is 14.2 Å². The van der Waals surface area contributed by atoms with Crippen LogP contribution in [0, 0.1) is 0 Å². The SMILES string of the molecule is C=C1CN(C(=O)OC(C)(C)C)[C@H](COC(C)=O)[C@H]1OC(=O)c1ccccc1. The standard InChI is InChI=1S/C20H25NO6/c1-13-11-21(19(24)27-20(3,4)5)16(12-25-14(2)22)17(13)26-18(23)15-9-7-6-8-10-15/h6-10,16-17H,1,11-12H2,2-5H3/t16-,17+/m1/s1. The number of nitrogens with zero attached hydrogens (tertiary/aromatic N) is 1. The van der Waals surface area contributed by atoms with Gasteiger partial charge in [-0.05, 0) is 38.5 Å². The average molecular weight is 375 g/mol. The minimum absolute atomic E-state index is 0.125. The lowest BCUT2D eigenvalue weighted by Gasteiger charge is -2.29. The topological polar surface area (TPSA) is 82.1 Å². The van der Waals surface area contributed by atoms with Crippen LogP contribution < -0.4 is 0 Å². The molecule has 1 fully saturated rings. The quantitative estimate of drug-likeness (QED) is 0.457. The van der Waals surface area contributed by atoms with E-state index in [1.54, 1.807) is 51.1 Å². The van der Waals surface area contributed by atoms with E-state index in [9.17, 15) is 14.4 Å². The summed E-state index contributed by atoms with van der Waals surface area (Å²) in [5.41, 5.74) is 0.220. The highest BCUT2D eigenvalue weighted by molar-refractivity contribution is 5.89. The third-order valence-corrected chi connectivity index (χ3v) is 3.85. The second kappa shape index (κ2) is 8.24. The van der Waals surface area contributed by atoms with Crippen molar-refractivity contribution in [2.75, 3.05) is 13.2 Å².